The number of nitrogens with zero attached hydrogens (tertiary/aromatic N) is 3. The predicted octanol–water partition coefficient (Wildman–Crippen LogP) is 3.44. The number of hydrogen-bond acceptors (Lipinski definition) is 5. The summed E-state index contributed by atoms with van der Waals surface area (Å²) in [6.45, 7) is 0. The summed E-state index contributed by atoms with van der Waals surface area (Å²) in [6.07, 6.45) is -0.632. The molecule has 1 heterocycles. The second-order valence-electron chi connectivity index (χ2n) is 3.91. The van der Waals surface area contributed by atoms with Crippen LogP contribution in [0.25, 0.3) is 11.4 Å². The third-order valence-electron chi connectivity index (χ3n) is 2.51. The van der Waals surface area contributed by atoms with Gasteiger partial charge >= 0.3 is 6.09 Å². The first-order valence-corrected chi connectivity index (χ1v) is 6.55. The molecule has 0 aliphatic heterocycles. The fourth-order valence-corrected chi connectivity index (χ4v) is 1.85. The molecule has 21 heavy (non-hydrogen) atoms. The number of carbonyl (C=O) groups is 1. The fourth-order valence-electron chi connectivity index (χ4n) is 1.43. The zero-order chi connectivity index (χ0) is 15.4. The molecular weight excluding hydrogens is 317 g/mol. The lowest BCUT2D eigenvalue weighted by Gasteiger charge is -2.13. The van der Waals surface area contributed by atoms with Crippen LogP contribution in [0.3, 0.4) is 0 Å². The number of ether oxygens (including phenoxy) is 1. The molecule has 1 aromatic carbocycles. The Kier molecular flexibility index (Phi) is 4.95. The number of hydrogen-bond donors (Lipinski definition) is 0. The maximum atomic E-state index is 11.5. The molecule has 0 unspecified atom stereocenters. The van der Waals surface area contributed by atoms with Crippen molar-refractivity contribution in [2.75, 3.05) is 14.2 Å². The van der Waals surface area contributed by atoms with E-state index in [9.17, 15) is 4.79 Å². The summed E-state index contributed by atoms with van der Waals surface area (Å²) >= 11 is 11.7. The summed E-state index contributed by atoms with van der Waals surface area (Å²) in [4.78, 5) is 24.4. The van der Waals surface area contributed by atoms with Crippen LogP contribution in [0.4, 0.5) is 4.79 Å². The number of benzene rings is 1. The Balaban J connectivity index is 2.17. The standard InChI is InChI=1S/C13H11Cl2N3O3/c1-18(20-2)13(19)21-9-5-3-8(4-6-9)12-16-10(14)7-11(15)17-12/h3-7H,1-2H3. The highest BCUT2D eigenvalue weighted by Gasteiger charge is 2.11. The first-order valence-electron chi connectivity index (χ1n) is 5.80. The average molecular weight is 328 g/mol. The highest BCUT2D eigenvalue weighted by atomic mass is 35.5. The third-order valence-corrected chi connectivity index (χ3v) is 2.90. The molecule has 0 atom stereocenters. The van der Waals surface area contributed by atoms with E-state index in [0.29, 0.717) is 17.1 Å². The Labute approximate surface area is 131 Å². The maximum absolute atomic E-state index is 11.5. The van der Waals surface area contributed by atoms with Crippen molar-refractivity contribution >= 4 is 29.3 Å². The van der Waals surface area contributed by atoms with Crippen molar-refractivity contribution in [3.8, 4) is 17.1 Å². The molecule has 110 valence electrons. The number of amides is 1. The molecule has 0 aliphatic carbocycles. The molecule has 0 saturated heterocycles. The minimum atomic E-state index is -0.632. The number of rotatable bonds is 3. The van der Waals surface area contributed by atoms with Gasteiger partial charge in [0.15, 0.2) is 5.82 Å². The van der Waals surface area contributed by atoms with Crippen molar-refractivity contribution in [1.82, 2.24) is 15.0 Å². The second-order valence-corrected chi connectivity index (χ2v) is 4.68. The van der Waals surface area contributed by atoms with Crippen LogP contribution < -0.4 is 4.74 Å². The summed E-state index contributed by atoms with van der Waals surface area (Å²) in [7, 11) is 2.81. The monoisotopic (exact) mass is 327 g/mol. The van der Waals surface area contributed by atoms with Gasteiger partial charge in [-0.05, 0) is 24.3 Å². The lowest BCUT2D eigenvalue weighted by Crippen LogP contribution is -2.28. The molecular formula is C13H11Cl2N3O3. The van der Waals surface area contributed by atoms with E-state index >= 15 is 0 Å². The van der Waals surface area contributed by atoms with Gasteiger partial charge in [0.25, 0.3) is 0 Å². The van der Waals surface area contributed by atoms with Crippen LogP contribution in [0.15, 0.2) is 30.3 Å². The molecule has 2 aromatic rings. The Morgan fingerprint density at radius 1 is 1.14 bits per heavy atom. The maximum Gasteiger partial charge on any atom is 0.439 e. The molecule has 8 heteroatoms. The Bertz CT molecular complexity index is 629. The molecule has 0 aliphatic rings. The molecule has 0 bridgehead atoms. The lowest BCUT2D eigenvalue weighted by molar-refractivity contribution is -0.0790. The lowest BCUT2D eigenvalue weighted by atomic mass is 10.2. The average Bonchev–Trinajstić information content (AvgIpc) is 2.46. The topological polar surface area (TPSA) is 64.5 Å². The highest BCUT2D eigenvalue weighted by molar-refractivity contribution is 6.33. The first-order chi connectivity index (χ1) is 9.99. The molecule has 0 saturated carbocycles. The van der Waals surface area contributed by atoms with Crippen LogP contribution in [-0.2, 0) is 4.84 Å². The van der Waals surface area contributed by atoms with Gasteiger partial charge in [-0.25, -0.2) is 14.8 Å². The largest absolute Gasteiger partial charge is 0.439 e. The minimum Gasteiger partial charge on any atom is -0.409 e. The number of carbonyl (C=O) groups excluding carboxylic acids is 1. The van der Waals surface area contributed by atoms with Gasteiger partial charge in [0, 0.05) is 18.7 Å². The first kappa shape index (κ1) is 15.5. The number of halogens is 2. The van der Waals surface area contributed by atoms with Gasteiger partial charge in [-0.2, -0.15) is 5.06 Å². The number of aromatic nitrogens is 2. The van der Waals surface area contributed by atoms with Crippen LogP contribution >= 0.6 is 23.2 Å². The zero-order valence-corrected chi connectivity index (χ0v) is 12.7. The zero-order valence-electron chi connectivity index (χ0n) is 11.2. The van der Waals surface area contributed by atoms with Gasteiger partial charge in [0.2, 0.25) is 0 Å². The SMILES string of the molecule is CON(C)C(=O)Oc1ccc(-c2nc(Cl)cc(Cl)n2)cc1. The molecule has 1 amide bonds. The van der Waals surface area contributed by atoms with E-state index in [2.05, 4.69) is 9.97 Å². The third kappa shape index (κ3) is 4.04. The quantitative estimate of drug-likeness (QED) is 0.638. The highest BCUT2D eigenvalue weighted by Crippen LogP contribution is 2.23. The normalized spacial score (nSPS) is 10.3. The van der Waals surface area contributed by atoms with E-state index in [0.717, 1.165) is 5.06 Å². The van der Waals surface area contributed by atoms with E-state index in [-0.39, 0.29) is 10.3 Å². The molecule has 0 radical (unpaired) electrons. The fraction of sp³-hybridized carbons (Fsp3) is 0.154. The summed E-state index contributed by atoms with van der Waals surface area (Å²) in [5.41, 5.74) is 0.694. The van der Waals surface area contributed by atoms with E-state index in [1.807, 2.05) is 0 Å². The number of hydroxylamine groups is 2. The summed E-state index contributed by atoms with van der Waals surface area (Å²) in [5, 5.41) is 1.47. The van der Waals surface area contributed by atoms with Crippen molar-refractivity contribution in [3.05, 3.63) is 40.6 Å². The van der Waals surface area contributed by atoms with E-state index in [1.165, 1.54) is 20.2 Å². The summed E-state index contributed by atoms with van der Waals surface area (Å²) in [6, 6.07) is 8.04. The van der Waals surface area contributed by atoms with Crippen LogP contribution in [0, 0.1) is 0 Å². The molecule has 6 nitrogen and oxygen atoms in total. The van der Waals surface area contributed by atoms with Gasteiger partial charge in [-0.3, -0.25) is 4.84 Å². The van der Waals surface area contributed by atoms with Crippen LogP contribution in [0.5, 0.6) is 5.75 Å². The van der Waals surface area contributed by atoms with Gasteiger partial charge in [0.1, 0.15) is 16.1 Å². The van der Waals surface area contributed by atoms with E-state index in [4.69, 9.17) is 32.8 Å². The molecule has 0 fully saturated rings. The van der Waals surface area contributed by atoms with Crippen LogP contribution in [0.1, 0.15) is 0 Å². The van der Waals surface area contributed by atoms with Gasteiger partial charge in [-0.1, -0.05) is 23.2 Å². The smallest absolute Gasteiger partial charge is 0.409 e. The predicted molar refractivity (Wildman–Crippen MR) is 78.3 cm³/mol. The Morgan fingerprint density at radius 2 is 1.71 bits per heavy atom. The van der Waals surface area contributed by atoms with Crippen molar-refractivity contribution in [3.63, 3.8) is 0 Å². The van der Waals surface area contributed by atoms with E-state index < -0.39 is 6.09 Å². The molecule has 2 rings (SSSR count). The van der Waals surface area contributed by atoms with Gasteiger partial charge < -0.3 is 4.74 Å². The molecule has 0 N–H and O–H groups in total. The van der Waals surface area contributed by atoms with Crippen molar-refractivity contribution < 1.29 is 14.4 Å². The van der Waals surface area contributed by atoms with Crippen LogP contribution in [-0.4, -0.2) is 35.3 Å². The van der Waals surface area contributed by atoms with Crippen molar-refractivity contribution in [2.45, 2.75) is 0 Å². The summed E-state index contributed by atoms with van der Waals surface area (Å²) in [5.74, 6) is 0.750. The van der Waals surface area contributed by atoms with Gasteiger partial charge in [-0.15, -0.1) is 0 Å². The van der Waals surface area contributed by atoms with Crippen molar-refractivity contribution in [2.24, 2.45) is 0 Å². The Morgan fingerprint density at radius 3 is 2.24 bits per heavy atom. The van der Waals surface area contributed by atoms with Crippen molar-refractivity contribution in [1.29, 1.82) is 0 Å². The molecule has 1 aromatic heterocycles. The Hall–Kier alpha value is -1.89. The second kappa shape index (κ2) is 6.71. The minimum absolute atomic E-state index is 0.252. The van der Waals surface area contributed by atoms with Crippen LogP contribution in [0.2, 0.25) is 10.3 Å². The summed E-state index contributed by atoms with van der Waals surface area (Å²) < 4.78 is 5.07. The van der Waals surface area contributed by atoms with E-state index in [1.54, 1.807) is 24.3 Å². The van der Waals surface area contributed by atoms with Gasteiger partial charge in [0.05, 0.1) is 7.11 Å². The molecule has 0 spiro atoms.